The SMILES string of the molecule is Cc1cc(=O)c(C(=O)NC2(CN)CCCCC2C)c[nH]1. The molecule has 0 aliphatic heterocycles. The normalized spacial score (nSPS) is 26.2. The molecule has 5 heteroatoms. The molecule has 1 fully saturated rings. The van der Waals surface area contributed by atoms with Crippen LogP contribution in [0.2, 0.25) is 0 Å². The van der Waals surface area contributed by atoms with E-state index in [1.165, 1.54) is 18.7 Å². The third kappa shape index (κ3) is 2.77. The lowest BCUT2D eigenvalue weighted by atomic mass is 9.73. The zero-order chi connectivity index (χ0) is 14.8. The Balaban J connectivity index is 2.23. The number of hydrogen-bond acceptors (Lipinski definition) is 3. The largest absolute Gasteiger partial charge is 0.364 e. The van der Waals surface area contributed by atoms with Gasteiger partial charge in [-0.15, -0.1) is 0 Å². The van der Waals surface area contributed by atoms with Crippen molar-refractivity contribution in [1.29, 1.82) is 0 Å². The van der Waals surface area contributed by atoms with E-state index in [1.807, 2.05) is 0 Å². The molecule has 2 unspecified atom stereocenters. The maximum absolute atomic E-state index is 12.4. The van der Waals surface area contributed by atoms with Crippen LogP contribution in [0.4, 0.5) is 0 Å². The third-order valence-corrected chi connectivity index (χ3v) is 4.48. The molecule has 2 atom stereocenters. The fraction of sp³-hybridized carbons (Fsp3) is 0.600. The number of nitrogens with one attached hydrogen (secondary N) is 2. The molecule has 2 rings (SSSR count). The molecule has 0 aromatic carbocycles. The summed E-state index contributed by atoms with van der Waals surface area (Å²) in [6, 6.07) is 1.44. The molecule has 0 saturated heterocycles. The van der Waals surface area contributed by atoms with Gasteiger partial charge >= 0.3 is 0 Å². The van der Waals surface area contributed by atoms with Crippen LogP contribution in [-0.2, 0) is 0 Å². The molecule has 0 bridgehead atoms. The van der Waals surface area contributed by atoms with Crippen LogP contribution in [-0.4, -0.2) is 23.0 Å². The molecule has 1 heterocycles. The second-order valence-electron chi connectivity index (χ2n) is 5.86. The molecule has 1 aromatic heterocycles. The number of pyridine rings is 1. The van der Waals surface area contributed by atoms with E-state index in [-0.39, 0.29) is 22.4 Å². The molecule has 5 nitrogen and oxygen atoms in total. The van der Waals surface area contributed by atoms with Crippen molar-refractivity contribution in [3.63, 3.8) is 0 Å². The minimum Gasteiger partial charge on any atom is -0.364 e. The number of nitrogens with two attached hydrogens (primary N) is 1. The Morgan fingerprint density at radius 3 is 2.90 bits per heavy atom. The summed E-state index contributed by atoms with van der Waals surface area (Å²) in [4.78, 5) is 27.2. The molecule has 4 N–H and O–H groups in total. The van der Waals surface area contributed by atoms with Gasteiger partial charge in [-0.05, 0) is 25.7 Å². The summed E-state index contributed by atoms with van der Waals surface area (Å²) in [5, 5.41) is 3.02. The standard InChI is InChI=1S/C15H23N3O2/c1-10-5-3-4-6-15(10,9-16)18-14(20)12-8-17-11(2)7-13(12)19/h7-8,10H,3-6,9,16H2,1-2H3,(H,17,19)(H,18,20). The second-order valence-corrected chi connectivity index (χ2v) is 5.86. The predicted octanol–water partition coefficient (Wildman–Crippen LogP) is 1.32. The molecule has 110 valence electrons. The first kappa shape index (κ1) is 14.8. The van der Waals surface area contributed by atoms with Crippen LogP contribution in [0.25, 0.3) is 0 Å². The van der Waals surface area contributed by atoms with Gasteiger partial charge in [-0.3, -0.25) is 9.59 Å². The minimum atomic E-state index is -0.382. The summed E-state index contributed by atoms with van der Waals surface area (Å²) in [6.07, 6.45) is 5.64. The predicted molar refractivity (Wildman–Crippen MR) is 78.7 cm³/mol. The number of carbonyl (C=O) groups is 1. The molecular weight excluding hydrogens is 254 g/mol. The Kier molecular flexibility index (Phi) is 4.28. The van der Waals surface area contributed by atoms with Gasteiger partial charge in [0.1, 0.15) is 5.56 Å². The average molecular weight is 277 g/mol. The summed E-state index contributed by atoms with van der Waals surface area (Å²) in [5.41, 5.74) is 6.17. The van der Waals surface area contributed by atoms with E-state index in [1.54, 1.807) is 6.92 Å². The van der Waals surface area contributed by atoms with Gasteiger partial charge in [0, 0.05) is 24.5 Å². The van der Waals surface area contributed by atoms with Crippen molar-refractivity contribution in [2.75, 3.05) is 6.54 Å². The lowest BCUT2D eigenvalue weighted by Gasteiger charge is -2.42. The summed E-state index contributed by atoms with van der Waals surface area (Å²) in [7, 11) is 0. The lowest BCUT2D eigenvalue weighted by Crippen LogP contribution is -2.59. The molecule has 1 saturated carbocycles. The Morgan fingerprint density at radius 1 is 1.55 bits per heavy atom. The quantitative estimate of drug-likeness (QED) is 0.778. The highest BCUT2D eigenvalue weighted by molar-refractivity contribution is 5.94. The van der Waals surface area contributed by atoms with E-state index in [0.29, 0.717) is 12.5 Å². The van der Waals surface area contributed by atoms with Crippen molar-refractivity contribution < 1.29 is 4.79 Å². The van der Waals surface area contributed by atoms with Gasteiger partial charge in [-0.25, -0.2) is 0 Å². The first-order valence-corrected chi connectivity index (χ1v) is 7.20. The fourth-order valence-electron chi connectivity index (χ4n) is 3.00. The lowest BCUT2D eigenvalue weighted by molar-refractivity contribution is 0.0811. The first-order chi connectivity index (χ1) is 9.48. The maximum atomic E-state index is 12.4. The number of carbonyl (C=O) groups excluding carboxylic acids is 1. The molecule has 1 aliphatic carbocycles. The number of H-pyrrole nitrogens is 1. The van der Waals surface area contributed by atoms with Crippen molar-refractivity contribution in [1.82, 2.24) is 10.3 Å². The second kappa shape index (κ2) is 5.79. The Bertz CT molecular complexity index is 552. The van der Waals surface area contributed by atoms with Gasteiger partial charge in [-0.2, -0.15) is 0 Å². The minimum absolute atomic E-state index is 0.154. The number of amides is 1. The highest BCUT2D eigenvalue weighted by Crippen LogP contribution is 2.33. The number of hydrogen-bond donors (Lipinski definition) is 3. The van der Waals surface area contributed by atoms with Crippen LogP contribution < -0.4 is 16.5 Å². The molecule has 1 amide bonds. The Hall–Kier alpha value is -1.62. The monoisotopic (exact) mass is 277 g/mol. The number of aromatic amines is 1. The number of aryl methyl sites for hydroxylation is 1. The zero-order valence-corrected chi connectivity index (χ0v) is 12.2. The van der Waals surface area contributed by atoms with Gasteiger partial charge in [0.25, 0.3) is 5.91 Å². The summed E-state index contributed by atoms with van der Waals surface area (Å²) < 4.78 is 0. The Morgan fingerprint density at radius 2 is 2.30 bits per heavy atom. The van der Waals surface area contributed by atoms with Gasteiger partial charge < -0.3 is 16.0 Å². The first-order valence-electron chi connectivity index (χ1n) is 7.20. The van der Waals surface area contributed by atoms with Gasteiger partial charge in [0.15, 0.2) is 5.43 Å². The molecular formula is C15H23N3O2. The molecule has 1 aromatic rings. The summed E-state index contributed by atoms with van der Waals surface area (Å²) in [5.74, 6) is 0.000167. The maximum Gasteiger partial charge on any atom is 0.257 e. The van der Waals surface area contributed by atoms with E-state index < -0.39 is 0 Å². The fourth-order valence-corrected chi connectivity index (χ4v) is 3.00. The van der Waals surface area contributed by atoms with Crippen molar-refractivity contribution >= 4 is 5.91 Å². The van der Waals surface area contributed by atoms with E-state index in [9.17, 15) is 9.59 Å². The highest BCUT2D eigenvalue weighted by atomic mass is 16.2. The van der Waals surface area contributed by atoms with Gasteiger partial charge in [0.05, 0.1) is 5.54 Å². The van der Waals surface area contributed by atoms with E-state index in [2.05, 4.69) is 17.2 Å². The highest BCUT2D eigenvalue weighted by Gasteiger charge is 2.38. The Labute approximate surface area is 119 Å². The van der Waals surface area contributed by atoms with Crippen LogP contribution in [0.15, 0.2) is 17.1 Å². The van der Waals surface area contributed by atoms with Gasteiger partial charge in [0.2, 0.25) is 0 Å². The third-order valence-electron chi connectivity index (χ3n) is 4.48. The van der Waals surface area contributed by atoms with Crippen LogP contribution >= 0.6 is 0 Å². The topological polar surface area (TPSA) is 88.0 Å². The van der Waals surface area contributed by atoms with Crippen molar-refractivity contribution in [3.8, 4) is 0 Å². The van der Waals surface area contributed by atoms with Gasteiger partial charge in [-0.1, -0.05) is 19.8 Å². The average Bonchev–Trinajstić information content (AvgIpc) is 2.41. The van der Waals surface area contributed by atoms with Crippen LogP contribution in [0, 0.1) is 12.8 Å². The van der Waals surface area contributed by atoms with Crippen molar-refractivity contribution in [2.45, 2.75) is 45.1 Å². The molecule has 20 heavy (non-hydrogen) atoms. The molecule has 0 spiro atoms. The van der Waals surface area contributed by atoms with Crippen molar-refractivity contribution in [2.24, 2.45) is 11.7 Å². The molecule has 0 radical (unpaired) electrons. The van der Waals surface area contributed by atoms with E-state index >= 15 is 0 Å². The summed E-state index contributed by atoms with van der Waals surface area (Å²) in [6.45, 7) is 4.31. The van der Waals surface area contributed by atoms with Crippen LogP contribution in [0.1, 0.15) is 48.7 Å². The smallest absolute Gasteiger partial charge is 0.257 e. The van der Waals surface area contributed by atoms with E-state index in [4.69, 9.17) is 5.73 Å². The van der Waals surface area contributed by atoms with Crippen molar-refractivity contribution in [3.05, 3.63) is 33.7 Å². The number of aromatic nitrogens is 1. The van der Waals surface area contributed by atoms with Crippen LogP contribution in [0.3, 0.4) is 0 Å². The van der Waals surface area contributed by atoms with E-state index in [0.717, 1.165) is 25.0 Å². The zero-order valence-electron chi connectivity index (χ0n) is 12.2. The summed E-state index contributed by atoms with van der Waals surface area (Å²) >= 11 is 0. The van der Waals surface area contributed by atoms with Crippen LogP contribution in [0.5, 0.6) is 0 Å². The number of rotatable bonds is 3. The molecule has 1 aliphatic rings.